The van der Waals surface area contributed by atoms with Crippen LogP contribution in [0.25, 0.3) is 0 Å². The Morgan fingerprint density at radius 2 is 1.89 bits per heavy atom. The number of benzene rings is 2. The summed E-state index contributed by atoms with van der Waals surface area (Å²) in [6.45, 7) is 5.95. The minimum Gasteiger partial charge on any atom is -0.272 e. The molecule has 0 heterocycles. The molecule has 0 atom stereocenters. The second-order valence-electron chi connectivity index (χ2n) is 5.81. The van der Waals surface area contributed by atoms with E-state index < -0.39 is 14.9 Å². The molecule has 0 amide bonds. The lowest BCUT2D eigenvalue weighted by Gasteiger charge is -2.18. The predicted molar refractivity (Wildman–Crippen MR) is 106 cm³/mol. The molecule has 0 spiro atoms. The van der Waals surface area contributed by atoms with Crippen LogP contribution in [0.4, 0.5) is 11.4 Å². The molecule has 2 aromatic carbocycles. The molecule has 0 saturated heterocycles. The van der Waals surface area contributed by atoms with E-state index in [0.29, 0.717) is 0 Å². The molecule has 0 unspecified atom stereocenters. The molecule has 0 aliphatic rings. The van der Waals surface area contributed by atoms with Crippen molar-refractivity contribution in [2.45, 2.75) is 25.7 Å². The van der Waals surface area contributed by atoms with Crippen molar-refractivity contribution in [1.82, 2.24) is 4.31 Å². The Kier molecular flexibility index (Phi) is 6.65. The first-order valence-corrected chi connectivity index (χ1v) is 9.88. The van der Waals surface area contributed by atoms with Crippen molar-refractivity contribution in [3.8, 4) is 0 Å². The van der Waals surface area contributed by atoms with Crippen LogP contribution in [0.15, 0.2) is 52.5 Å². The number of nitrogens with one attached hydrogen (secondary N) is 1. The highest BCUT2D eigenvalue weighted by molar-refractivity contribution is 7.89. The molecule has 0 aliphatic heterocycles. The average molecular weight is 390 g/mol. The number of sulfonamides is 1. The minimum absolute atomic E-state index is 0.113. The summed E-state index contributed by atoms with van der Waals surface area (Å²) in [5.74, 6) is 0. The van der Waals surface area contributed by atoms with Gasteiger partial charge < -0.3 is 0 Å². The van der Waals surface area contributed by atoms with Gasteiger partial charge in [0, 0.05) is 19.2 Å². The van der Waals surface area contributed by atoms with Crippen LogP contribution < -0.4 is 5.43 Å². The monoisotopic (exact) mass is 390 g/mol. The van der Waals surface area contributed by atoms with E-state index in [1.807, 2.05) is 31.2 Å². The van der Waals surface area contributed by atoms with Crippen LogP contribution in [0.2, 0.25) is 0 Å². The average Bonchev–Trinajstić information content (AvgIpc) is 2.62. The molecule has 8 nitrogen and oxygen atoms in total. The van der Waals surface area contributed by atoms with Crippen molar-refractivity contribution in [2.75, 3.05) is 18.5 Å². The van der Waals surface area contributed by atoms with Gasteiger partial charge in [-0.15, -0.1) is 0 Å². The van der Waals surface area contributed by atoms with Gasteiger partial charge >= 0.3 is 0 Å². The topological polar surface area (TPSA) is 105 Å². The molecule has 2 rings (SSSR count). The maximum atomic E-state index is 12.6. The number of rotatable bonds is 8. The van der Waals surface area contributed by atoms with E-state index in [-0.39, 0.29) is 29.4 Å². The minimum atomic E-state index is -3.78. The molecule has 27 heavy (non-hydrogen) atoms. The summed E-state index contributed by atoms with van der Waals surface area (Å²) in [7, 11) is -3.78. The third-order valence-electron chi connectivity index (χ3n) is 3.95. The standard InChI is InChI=1S/C18H22N4O4S/c1-4-21(5-2)27(25,26)16-9-10-17(18(12-16)22(23)24)20-19-13-15-8-6-7-14(3)11-15/h6-13,20H,4-5H2,1-3H3. The molecule has 2 aromatic rings. The molecular formula is C18H22N4O4S. The van der Waals surface area contributed by atoms with Crippen LogP contribution >= 0.6 is 0 Å². The van der Waals surface area contributed by atoms with Gasteiger partial charge in [-0.3, -0.25) is 15.5 Å². The first-order chi connectivity index (χ1) is 12.8. The van der Waals surface area contributed by atoms with Gasteiger partial charge in [0.15, 0.2) is 0 Å². The van der Waals surface area contributed by atoms with Gasteiger partial charge in [0.2, 0.25) is 10.0 Å². The van der Waals surface area contributed by atoms with Crippen molar-refractivity contribution >= 4 is 27.6 Å². The predicted octanol–water partition coefficient (Wildman–Crippen LogP) is 3.38. The molecule has 0 fully saturated rings. The van der Waals surface area contributed by atoms with Crippen molar-refractivity contribution in [3.05, 3.63) is 63.7 Å². The van der Waals surface area contributed by atoms with Crippen molar-refractivity contribution < 1.29 is 13.3 Å². The normalized spacial score (nSPS) is 11.9. The van der Waals surface area contributed by atoms with Crippen LogP contribution in [-0.4, -0.2) is 37.0 Å². The Balaban J connectivity index is 2.32. The number of nitrogens with zero attached hydrogens (tertiary/aromatic N) is 3. The zero-order valence-electron chi connectivity index (χ0n) is 15.4. The van der Waals surface area contributed by atoms with Gasteiger partial charge in [0.05, 0.1) is 16.0 Å². The highest BCUT2D eigenvalue weighted by Gasteiger charge is 2.25. The van der Waals surface area contributed by atoms with E-state index in [2.05, 4.69) is 10.5 Å². The lowest BCUT2D eigenvalue weighted by atomic mass is 10.2. The maximum Gasteiger partial charge on any atom is 0.295 e. The van der Waals surface area contributed by atoms with Crippen molar-refractivity contribution in [3.63, 3.8) is 0 Å². The Labute approximate surface area is 158 Å². The van der Waals surface area contributed by atoms with Gasteiger partial charge in [-0.2, -0.15) is 9.41 Å². The number of hydrazone groups is 1. The van der Waals surface area contributed by atoms with Gasteiger partial charge in [0.25, 0.3) is 5.69 Å². The highest BCUT2D eigenvalue weighted by Crippen LogP contribution is 2.29. The molecule has 0 saturated carbocycles. The summed E-state index contributed by atoms with van der Waals surface area (Å²) in [6.07, 6.45) is 1.54. The van der Waals surface area contributed by atoms with E-state index in [1.54, 1.807) is 13.8 Å². The quantitative estimate of drug-likeness (QED) is 0.423. The lowest BCUT2D eigenvalue weighted by molar-refractivity contribution is -0.384. The summed E-state index contributed by atoms with van der Waals surface area (Å²) in [6, 6.07) is 11.3. The second-order valence-corrected chi connectivity index (χ2v) is 7.75. The fraction of sp³-hybridized carbons (Fsp3) is 0.278. The zero-order chi connectivity index (χ0) is 20.0. The molecule has 0 radical (unpaired) electrons. The molecule has 0 aliphatic carbocycles. The van der Waals surface area contributed by atoms with Gasteiger partial charge in [0.1, 0.15) is 5.69 Å². The fourth-order valence-electron chi connectivity index (χ4n) is 2.56. The van der Waals surface area contributed by atoms with E-state index in [1.165, 1.54) is 22.7 Å². The van der Waals surface area contributed by atoms with Gasteiger partial charge in [-0.05, 0) is 24.6 Å². The summed E-state index contributed by atoms with van der Waals surface area (Å²) >= 11 is 0. The Bertz CT molecular complexity index is 954. The van der Waals surface area contributed by atoms with Crippen LogP contribution in [0, 0.1) is 17.0 Å². The number of nitro groups is 1. The number of hydrogen-bond donors (Lipinski definition) is 1. The Hall–Kier alpha value is -2.78. The van der Waals surface area contributed by atoms with E-state index in [9.17, 15) is 18.5 Å². The van der Waals surface area contributed by atoms with Gasteiger partial charge in [-0.1, -0.05) is 43.7 Å². The number of hydrogen-bond acceptors (Lipinski definition) is 6. The van der Waals surface area contributed by atoms with E-state index in [0.717, 1.165) is 17.2 Å². The lowest BCUT2D eigenvalue weighted by Crippen LogP contribution is -2.30. The van der Waals surface area contributed by atoms with Crippen molar-refractivity contribution in [1.29, 1.82) is 0 Å². The third kappa shape index (κ3) is 4.89. The summed E-state index contributed by atoms with van der Waals surface area (Å²) in [4.78, 5) is 10.6. The third-order valence-corrected chi connectivity index (χ3v) is 6.00. The SMILES string of the molecule is CCN(CC)S(=O)(=O)c1ccc(NN=Cc2cccc(C)c2)c([N+](=O)[O-])c1. The van der Waals surface area contributed by atoms with Crippen LogP contribution in [0.1, 0.15) is 25.0 Å². The molecule has 0 aromatic heterocycles. The highest BCUT2D eigenvalue weighted by atomic mass is 32.2. The molecular weight excluding hydrogens is 368 g/mol. The first kappa shape index (κ1) is 20.5. The summed E-state index contributed by atoms with van der Waals surface area (Å²) in [5, 5.41) is 15.4. The molecule has 0 bridgehead atoms. The number of nitro benzene ring substituents is 1. The van der Waals surface area contributed by atoms with E-state index >= 15 is 0 Å². The first-order valence-electron chi connectivity index (χ1n) is 8.44. The zero-order valence-corrected chi connectivity index (χ0v) is 16.2. The van der Waals surface area contributed by atoms with Crippen LogP contribution in [0.3, 0.4) is 0 Å². The van der Waals surface area contributed by atoms with Gasteiger partial charge in [-0.25, -0.2) is 8.42 Å². The Morgan fingerprint density at radius 1 is 1.19 bits per heavy atom. The van der Waals surface area contributed by atoms with Crippen molar-refractivity contribution in [2.24, 2.45) is 5.10 Å². The second kappa shape index (κ2) is 8.74. The smallest absolute Gasteiger partial charge is 0.272 e. The van der Waals surface area contributed by atoms with Crippen LogP contribution in [-0.2, 0) is 10.0 Å². The number of anilines is 1. The number of aryl methyl sites for hydroxylation is 1. The maximum absolute atomic E-state index is 12.6. The van der Waals surface area contributed by atoms with E-state index in [4.69, 9.17) is 0 Å². The molecule has 1 N–H and O–H groups in total. The summed E-state index contributed by atoms with van der Waals surface area (Å²) in [5.41, 5.74) is 4.28. The van der Waals surface area contributed by atoms with Crippen LogP contribution in [0.5, 0.6) is 0 Å². The Morgan fingerprint density at radius 3 is 2.48 bits per heavy atom. The molecule has 9 heteroatoms. The largest absolute Gasteiger partial charge is 0.295 e. The summed E-state index contributed by atoms with van der Waals surface area (Å²) < 4.78 is 26.4. The fourth-order valence-corrected chi connectivity index (χ4v) is 4.04. The molecule has 144 valence electrons.